The Bertz CT molecular complexity index is 1680. The van der Waals surface area contributed by atoms with Crippen molar-refractivity contribution < 1.29 is 42.8 Å². The van der Waals surface area contributed by atoms with Crippen molar-refractivity contribution in [2.75, 3.05) is 39.4 Å². The number of methoxy groups -OCH3 is 3. The molecule has 0 fully saturated rings. The number of carbonyl (C=O) groups is 2. The molecule has 2 aliphatic heterocycles. The van der Waals surface area contributed by atoms with Gasteiger partial charge in [0.05, 0.1) is 39.1 Å². The van der Waals surface area contributed by atoms with Gasteiger partial charge in [0.25, 0.3) is 5.91 Å². The number of carbonyl (C=O) groups excluding carboxylic acids is 1. The van der Waals surface area contributed by atoms with Gasteiger partial charge < -0.3 is 33.7 Å². The number of carboxylic acids is 1. The summed E-state index contributed by atoms with van der Waals surface area (Å²) in [6.07, 6.45) is 0.460. The summed E-state index contributed by atoms with van der Waals surface area (Å²) in [4.78, 5) is 28.7. The monoisotopic (exact) mass is 621 g/mol. The number of benzene rings is 3. The number of ether oxygens (including phenoxy) is 5. The predicted octanol–water partition coefficient (Wildman–Crippen LogP) is 6.60. The van der Waals surface area contributed by atoms with E-state index in [1.165, 1.54) is 27.4 Å². The summed E-state index contributed by atoms with van der Waals surface area (Å²) < 4.78 is 44.1. The van der Waals surface area contributed by atoms with Crippen LogP contribution < -0.4 is 23.8 Å². The molecular weight excluding hydrogens is 581 g/mol. The van der Waals surface area contributed by atoms with Gasteiger partial charge in [0.15, 0.2) is 29.2 Å². The standard InChI is InChI=1S/C35H40FNO8/c1-18-16-25-21(13-14-37(25)33(38)22-11-12-26(41-6)31(43-8)30(22)42-7)28(27(18)32(34(39)40)45-35(3,4)5)23-17-24(36)29-20(19(23)2)10-9-15-44-29/h11-12,16-17,32H,9-10,13-15H2,1-8H3,(H,39,40)/t32-/m0/s1. The van der Waals surface area contributed by atoms with E-state index in [9.17, 15) is 14.7 Å². The molecule has 240 valence electrons. The Morgan fingerprint density at radius 2 is 1.71 bits per heavy atom. The number of hydrogen-bond acceptors (Lipinski definition) is 7. The number of amides is 1. The molecule has 45 heavy (non-hydrogen) atoms. The molecule has 0 bridgehead atoms. The van der Waals surface area contributed by atoms with Crippen molar-refractivity contribution in [2.24, 2.45) is 0 Å². The lowest BCUT2D eigenvalue weighted by molar-refractivity contribution is -0.160. The van der Waals surface area contributed by atoms with Gasteiger partial charge in [-0.05, 0) is 106 Å². The first kappa shape index (κ1) is 32.1. The Hall–Kier alpha value is -4.31. The van der Waals surface area contributed by atoms with Crippen LogP contribution in [0.5, 0.6) is 23.0 Å². The molecule has 0 unspecified atom stereocenters. The molecule has 9 nitrogen and oxygen atoms in total. The maximum absolute atomic E-state index is 15.7. The maximum Gasteiger partial charge on any atom is 0.337 e. The zero-order chi connectivity index (χ0) is 32.8. The summed E-state index contributed by atoms with van der Waals surface area (Å²) in [7, 11) is 4.43. The van der Waals surface area contributed by atoms with E-state index in [0.717, 1.165) is 23.1 Å². The molecule has 0 aromatic heterocycles. The van der Waals surface area contributed by atoms with E-state index < -0.39 is 23.5 Å². The second-order valence-electron chi connectivity index (χ2n) is 12.3. The zero-order valence-electron chi connectivity index (χ0n) is 27.1. The van der Waals surface area contributed by atoms with Crippen LogP contribution in [0.15, 0.2) is 24.3 Å². The number of aliphatic carboxylic acids is 1. The normalized spacial score (nSPS) is 14.7. The predicted molar refractivity (Wildman–Crippen MR) is 168 cm³/mol. The Morgan fingerprint density at radius 3 is 2.33 bits per heavy atom. The van der Waals surface area contributed by atoms with Crippen LogP contribution in [-0.4, -0.2) is 57.1 Å². The van der Waals surface area contributed by atoms with Gasteiger partial charge in [-0.2, -0.15) is 0 Å². The Labute approximate surface area is 262 Å². The zero-order valence-corrected chi connectivity index (χ0v) is 27.1. The molecule has 2 aliphatic rings. The number of hydrogen-bond donors (Lipinski definition) is 1. The molecule has 0 saturated carbocycles. The van der Waals surface area contributed by atoms with Crippen LogP contribution in [0.3, 0.4) is 0 Å². The number of halogens is 1. The Kier molecular flexibility index (Phi) is 8.72. The molecule has 0 spiro atoms. The molecule has 1 N–H and O–H groups in total. The average molecular weight is 622 g/mol. The lowest BCUT2D eigenvalue weighted by Crippen LogP contribution is -2.30. The van der Waals surface area contributed by atoms with E-state index in [4.69, 9.17) is 23.7 Å². The smallest absolute Gasteiger partial charge is 0.337 e. The van der Waals surface area contributed by atoms with Crippen LogP contribution in [0.2, 0.25) is 0 Å². The van der Waals surface area contributed by atoms with E-state index in [1.807, 2.05) is 13.0 Å². The van der Waals surface area contributed by atoms with Crippen LogP contribution >= 0.6 is 0 Å². The van der Waals surface area contributed by atoms with Gasteiger partial charge in [-0.15, -0.1) is 0 Å². The summed E-state index contributed by atoms with van der Waals surface area (Å²) in [5.74, 6) is -0.795. The van der Waals surface area contributed by atoms with Gasteiger partial charge in [0.2, 0.25) is 5.75 Å². The molecular formula is C35H40FNO8. The third-order valence-electron chi connectivity index (χ3n) is 8.38. The van der Waals surface area contributed by atoms with Crippen molar-refractivity contribution in [2.45, 2.75) is 65.6 Å². The Morgan fingerprint density at radius 1 is 1.00 bits per heavy atom. The average Bonchev–Trinajstić information content (AvgIpc) is 3.42. The topological polar surface area (TPSA) is 104 Å². The summed E-state index contributed by atoms with van der Waals surface area (Å²) in [5.41, 5.74) is 4.60. The molecule has 2 heterocycles. The van der Waals surface area contributed by atoms with Crippen molar-refractivity contribution in [3.05, 3.63) is 63.5 Å². The van der Waals surface area contributed by atoms with Crippen LogP contribution in [-0.2, 0) is 22.4 Å². The van der Waals surface area contributed by atoms with Crippen LogP contribution in [0.4, 0.5) is 10.1 Å². The van der Waals surface area contributed by atoms with Gasteiger partial charge in [-0.1, -0.05) is 0 Å². The first-order chi connectivity index (χ1) is 21.3. The van der Waals surface area contributed by atoms with Crippen LogP contribution in [0.25, 0.3) is 11.1 Å². The van der Waals surface area contributed by atoms with Crippen molar-refractivity contribution in [3.8, 4) is 34.1 Å². The molecule has 1 atom stereocenters. The second-order valence-corrected chi connectivity index (χ2v) is 12.3. The minimum Gasteiger partial charge on any atom is -0.493 e. The van der Waals surface area contributed by atoms with Crippen molar-refractivity contribution in [1.29, 1.82) is 0 Å². The molecule has 3 aromatic rings. The molecule has 0 aliphatic carbocycles. The van der Waals surface area contributed by atoms with E-state index in [0.29, 0.717) is 65.4 Å². The quantitative estimate of drug-likeness (QED) is 0.300. The molecule has 10 heteroatoms. The summed E-state index contributed by atoms with van der Waals surface area (Å²) in [6, 6.07) is 6.52. The lowest BCUT2D eigenvalue weighted by atomic mass is 9.83. The van der Waals surface area contributed by atoms with Crippen molar-refractivity contribution >= 4 is 17.6 Å². The number of rotatable bonds is 8. The number of nitrogens with zero attached hydrogens (tertiary/aromatic N) is 1. The summed E-state index contributed by atoms with van der Waals surface area (Å²) in [6.45, 7) is 9.84. The second kappa shape index (κ2) is 12.2. The number of anilines is 1. The van der Waals surface area contributed by atoms with Crippen molar-refractivity contribution in [1.82, 2.24) is 0 Å². The highest BCUT2D eigenvalue weighted by atomic mass is 19.1. The minimum absolute atomic E-state index is 0.237. The highest BCUT2D eigenvalue weighted by Gasteiger charge is 2.38. The van der Waals surface area contributed by atoms with E-state index in [1.54, 1.807) is 44.7 Å². The molecule has 5 rings (SSSR count). The fourth-order valence-electron chi connectivity index (χ4n) is 6.47. The summed E-state index contributed by atoms with van der Waals surface area (Å²) >= 11 is 0. The fraction of sp³-hybridized carbons (Fsp3) is 0.429. The minimum atomic E-state index is -1.34. The summed E-state index contributed by atoms with van der Waals surface area (Å²) in [5, 5.41) is 10.5. The SMILES string of the molecule is COc1ccc(C(=O)N2CCc3c2cc(C)c([C@H](OC(C)(C)C)C(=O)O)c3-c2cc(F)c3c(c2C)CCCO3)c(OC)c1OC. The van der Waals surface area contributed by atoms with Gasteiger partial charge in [0.1, 0.15) is 0 Å². The molecule has 3 aromatic carbocycles. The van der Waals surface area contributed by atoms with Crippen LogP contribution in [0.1, 0.15) is 71.5 Å². The molecule has 0 radical (unpaired) electrons. The first-order valence-corrected chi connectivity index (χ1v) is 15.0. The van der Waals surface area contributed by atoms with Crippen molar-refractivity contribution in [3.63, 3.8) is 0 Å². The highest BCUT2D eigenvalue weighted by Crippen LogP contribution is 2.48. The van der Waals surface area contributed by atoms with E-state index in [-0.39, 0.29) is 23.0 Å². The lowest BCUT2D eigenvalue weighted by Gasteiger charge is -2.30. The molecule has 0 saturated heterocycles. The highest BCUT2D eigenvalue weighted by molar-refractivity contribution is 6.10. The van der Waals surface area contributed by atoms with Gasteiger partial charge in [0, 0.05) is 23.4 Å². The third-order valence-corrected chi connectivity index (χ3v) is 8.38. The first-order valence-electron chi connectivity index (χ1n) is 15.0. The Balaban J connectivity index is 1.77. The van der Waals surface area contributed by atoms with Gasteiger partial charge in [-0.3, -0.25) is 4.79 Å². The largest absolute Gasteiger partial charge is 0.493 e. The maximum atomic E-state index is 15.7. The number of fused-ring (bicyclic) bond motifs is 2. The van der Waals surface area contributed by atoms with Gasteiger partial charge in [-0.25, -0.2) is 9.18 Å². The van der Waals surface area contributed by atoms with E-state index in [2.05, 4.69) is 0 Å². The van der Waals surface area contributed by atoms with E-state index >= 15 is 4.39 Å². The molecule has 1 amide bonds. The number of aryl methyl sites for hydroxylation is 1. The van der Waals surface area contributed by atoms with Crippen LogP contribution in [0, 0.1) is 19.7 Å². The fourth-order valence-corrected chi connectivity index (χ4v) is 6.47. The number of carboxylic acid groups (broad SMARTS) is 1. The third kappa shape index (κ3) is 5.67. The van der Waals surface area contributed by atoms with Gasteiger partial charge >= 0.3 is 5.97 Å².